The molecule has 196 valence electrons. The van der Waals surface area contributed by atoms with Crippen LogP contribution in [0.1, 0.15) is 20.8 Å². The molecule has 10 nitrogen and oxygen atoms in total. The van der Waals surface area contributed by atoms with Gasteiger partial charge in [0.05, 0.1) is 31.0 Å². The number of hydrogen-bond donors (Lipinski definition) is 2. The van der Waals surface area contributed by atoms with Crippen LogP contribution in [0.2, 0.25) is 0 Å². The molecule has 4 amide bonds. The van der Waals surface area contributed by atoms with E-state index in [0.29, 0.717) is 29.3 Å². The smallest absolute Gasteiger partial charge is 0.279 e. The first-order valence-corrected chi connectivity index (χ1v) is 11.9. The molecule has 0 aliphatic carbocycles. The lowest BCUT2D eigenvalue weighted by atomic mass is 10.2. The number of amides is 4. The Morgan fingerprint density at radius 1 is 0.730 bits per heavy atom. The van der Waals surface area contributed by atoms with Gasteiger partial charge in [-0.3, -0.25) is 24.1 Å². The van der Waals surface area contributed by atoms with Crippen LogP contribution in [0.15, 0.2) is 70.9 Å². The molecule has 0 spiro atoms. The number of rotatable bonds is 11. The first kappa shape index (κ1) is 29.3. The molecule has 0 atom stereocenters. The molecule has 37 heavy (non-hydrogen) atoms. The van der Waals surface area contributed by atoms with E-state index in [9.17, 15) is 19.2 Å². The van der Waals surface area contributed by atoms with Crippen LogP contribution in [0.5, 0.6) is 0 Å². The number of halogens is 1. The average molecular weight is 527 g/mol. The number of benzene rings is 2. The van der Waals surface area contributed by atoms with E-state index in [-0.39, 0.29) is 24.9 Å². The summed E-state index contributed by atoms with van der Waals surface area (Å²) in [6, 6.07) is 13.8. The maximum Gasteiger partial charge on any atom is 0.279 e. The van der Waals surface area contributed by atoms with Gasteiger partial charge >= 0.3 is 0 Å². The number of carbonyl (C=O) groups excluding carboxylic acids is 4. The van der Waals surface area contributed by atoms with Crippen molar-refractivity contribution in [2.75, 3.05) is 43.4 Å². The Morgan fingerprint density at radius 3 is 1.54 bits per heavy atom. The summed E-state index contributed by atoms with van der Waals surface area (Å²) in [5.41, 5.74) is 2.41. The Hall–Kier alpha value is -3.89. The summed E-state index contributed by atoms with van der Waals surface area (Å²) < 4.78 is 0.746. The number of nitrogens with one attached hydrogen (secondary N) is 2. The summed E-state index contributed by atoms with van der Waals surface area (Å²) in [5, 5.41) is 14.0. The highest BCUT2D eigenvalue weighted by Crippen LogP contribution is 2.22. The van der Waals surface area contributed by atoms with Crippen LogP contribution in [-0.2, 0) is 19.2 Å². The number of carbonyl (C=O) groups is 4. The topological polar surface area (TPSA) is 120 Å². The fraction of sp³-hybridized carbons (Fsp3) is 0.308. The Labute approximate surface area is 222 Å². The van der Waals surface area contributed by atoms with E-state index in [1.807, 2.05) is 0 Å². The highest BCUT2D eigenvalue weighted by Gasteiger charge is 2.26. The van der Waals surface area contributed by atoms with Gasteiger partial charge in [-0.2, -0.15) is 10.2 Å². The van der Waals surface area contributed by atoms with Crippen LogP contribution >= 0.6 is 0 Å². The van der Waals surface area contributed by atoms with Gasteiger partial charge in [0.25, 0.3) is 17.7 Å². The number of anilines is 2. The molecule has 0 saturated carbocycles. The van der Waals surface area contributed by atoms with Gasteiger partial charge in [-0.05, 0) is 69.3 Å². The zero-order chi connectivity index (χ0) is 26.1. The lowest BCUT2D eigenvalue weighted by Gasteiger charge is -2.34. The molecule has 0 saturated heterocycles. The first-order valence-electron chi connectivity index (χ1n) is 11.9. The largest absolute Gasteiger partial charge is 1.00 e. The lowest BCUT2D eigenvalue weighted by molar-refractivity contribution is -0.915. The third-order valence-electron chi connectivity index (χ3n) is 6.28. The Morgan fingerprint density at radius 2 is 1.14 bits per heavy atom. The second-order valence-corrected chi connectivity index (χ2v) is 8.43. The third-order valence-corrected chi connectivity index (χ3v) is 6.28. The molecule has 0 radical (unpaired) electrons. The van der Waals surface area contributed by atoms with Gasteiger partial charge in [0.2, 0.25) is 5.91 Å². The summed E-state index contributed by atoms with van der Waals surface area (Å²) in [6.07, 6.45) is 2.27. The van der Waals surface area contributed by atoms with Gasteiger partial charge < -0.3 is 27.5 Å². The van der Waals surface area contributed by atoms with Gasteiger partial charge in [0, 0.05) is 23.5 Å². The minimum absolute atomic E-state index is 0. The monoisotopic (exact) mass is 526 g/mol. The van der Waals surface area contributed by atoms with Crippen molar-refractivity contribution in [2.24, 2.45) is 10.2 Å². The highest BCUT2D eigenvalue weighted by molar-refractivity contribution is 6.15. The first-order chi connectivity index (χ1) is 17.3. The molecule has 2 N–H and O–H groups in total. The number of quaternary nitrogens is 1. The van der Waals surface area contributed by atoms with Crippen molar-refractivity contribution < 1.29 is 36.1 Å². The maximum atomic E-state index is 12.5. The van der Waals surface area contributed by atoms with Crippen LogP contribution in [-0.4, -0.2) is 65.7 Å². The van der Waals surface area contributed by atoms with Gasteiger partial charge in [0.1, 0.15) is 6.54 Å². The molecule has 0 fully saturated rings. The molecule has 2 aromatic rings. The van der Waals surface area contributed by atoms with E-state index in [1.165, 1.54) is 0 Å². The maximum absolute atomic E-state index is 12.5. The van der Waals surface area contributed by atoms with E-state index < -0.39 is 17.7 Å². The van der Waals surface area contributed by atoms with Crippen molar-refractivity contribution in [2.45, 2.75) is 20.8 Å². The van der Waals surface area contributed by atoms with Gasteiger partial charge in [-0.1, -0.05) is 0 Å². The highest BCUT2D eigenvalue weighted by atomic mass is 35.5. The Bertz CT molecular complexity index is 1150. The normalized spacial score (nSPS) is 13.1. The Balaban J connectivity index is 0.00000481. The van der Waals surface area contributed by atoms with E-state index >= 15 is 0 Å². The molecule has 2 aromatic carbocycles. The molecule has 1 aliphatic heterocycles. The zero-order valence-electron chi connectivity index (χ0n) is 21.1. The fourth-order valence-electron chi connectivity index (χ4n) is 3.78. The molecule has 1 heterocycles. The number of likely N-dealkylation sites (N-methyl/N-ethyl adjacent to an activating group) is 1. The molecular formula is C26H31ClN6O4. The summed E-state index contributed by atoms with van der Waals surface area (Å²) >= 11 is 0. The summed E-state index contributed by atoms with van der Waals surface area (Å²) in [5.74, 6) is -1.51. The zero-order valence-corrected chi connectivity index (χ0v) is 21.9. The molecule has 0 unspecified atom stereocenters. The van der Waals surface area contributed by atoms with Crippen LogP contribution in [0.3, 0.4) is 0 Å². The summed E-state index contributed by atoms with van der Waals surface area (Å²) in [6.45, 7) is 9.12. The van der Waals surface area contributed by atoms with Crippen molar-refractivity contribution >= 4 is 46.4 Å². The standard InChI is InChI=1S/C26H30N6O4.ClH/c1-4-32(5-2,6-3)18-24(34)28-20-9-13-22(14-10-20)30-29-21-11-7-19(8-12-21)27-23(33)17-31-25(35)15-16-26(31)36;/h7-16H,4-6,17-18H2,1-3H3,(H-,27,28,29,30,33,34,35,36);1H. The number of hydrogen-bond acceptors (Lipinski definition) is 6. The average Bonchev–Trinajstić information content (AvgIpc) is 3.20. The van der Waals surface area contributed by atoms with Crippen LogP contribution in [0.4, 0.5) is 22.7 Å². The van der Waals surface area contributed by atoms with Crippen LogP contribution < -0.4 is 23.0 Å². The van der Waals surface area contributed by atoms with Crippen molar-refractivity contribution in [3.63, 3.8) is 0 Å². The number of azo groups is 1. The van der Waals surface area contributed by atoms with Gasteiger partial charge in [-0.25, -0.2) is 0 Å². The third kappa shape index (κ3) is 8.06. The quantitative estimate of drug-likeness (QED) is 0.255. The number of imide groups is 1. The SMILES string of the molecule is CC[N+](CC)(CC)CC(=O)Nc1ccc(N=Nc2ccc(NC(=O)CN3C(=O)C=CC3=O)cc2)cc1.[Cl-]. The van der Waals surface area contributed by atoms with E-state index in [0.717, 1.165) is 41.2 Å². The van der Waals surface area contributed by atoms with Crippen molar-refractivity contribution in [1.29, 1.82) is 0 Å². The van der Waals surface area contributed by atoms with Gasteiger partial charge in [-0.15, -0.1) is 0 Å². The number of nitrogens with zero attached hydrogens (tertiary/aromatic N) is 4. The van der Waals surface area contributed by atoms with E-state index in [2.05, 4.69) is 41.6 Å². The van der Waals surface area contributed by atoms with Crippen molar-refractivity contribution in [1.82, 2.24) is 4.90 Å². The molecule has 0 bridgehead atoms. The van der Waals surface area contributed by atoms with Gasteiger partial charge in [0.15, 0.2) is 6.54 Å². The summed E-state index contributed by atoms with van der Waals surface area (Å²) in [7, 11) is 0. The minimum atomic E-state index is -0.507. The van der Waals surface area contributed by atoms with Crippen LogP contribution in [0.25, 0.3) is 0 Å². The van der Waals surface area contributed by atoms with Crippen molar-refractivity contribution in [3.8, 4) is 0 Å². The summed E-state index contributed by atoms with van der Waals surface area (Å²) in [4.78, 5) is 48.6. The van der Waals surface area contributed by atoms with Crippen LogP contribution in [0, 0.1) is 0 Å². The second kappa shape index (κ2) is 13.4. The molecule has 11 heteroatoms. The molecular weight excluding hydrogens is 496 g/mol. The minimum Gasteiger partial charge on any atom is -1.00 e. The lowest BCUT2D eigenvalue weighted by Crippen LogP contribution is -3.00. The second-order valence-electron chi connectivity index (χ2n) is 8.43. The molecule has 1 aliphatic rings. The predicted molar refractivity (Wildman–Crippen MR) is 137 cm³/mol. The predicted octanol–water partition coefficient (Wildman–Crippen LogP) is 0.785. The molecule has 0 aromatic heterocycles. The van der Waals surface area contributed by atoms with E-state index in [1.54, 1.807) is 48.5 Å². The van der Waals surface area contributed by atoms with E-state index in [4.69, 9.17) is 0 Å². The Kier molecular flexibility index (Phi) is 10.6. The molecule has 3 rings (SSSR count). The fourth-order valence-corrected chi connectivity index (χ4v) is 3.78. The van der Waals surface area contributed by atoms with Crippen molar-refractivity contribution in [3.05, 3.63) is 60.7 Å².